The molecule has 3 aromatic rings. The number of aromatic amines is 1. The minimum Gasteiger partial charge on any atom is -0.347 e. The van der Waals surface area contributed by atoms with Crippen LogP contribution in [0.15, 0.2) is 36.1 Å². The van der Waals surface area contributed by atoms with Gasteiger partial charge in [-0.3, -0.25) is 4.79 Å². The maximum absolute atomic E-state index is 12.4. The van der Waals surface area contributed by atoms with E-state index in [1.165, 1.54) is 0 Å². The van der Waals surface area contributed by atoms with E-state index < -0.39 is 0 Å². The van der Waals surface area contributed by atoms with Crippen LogP contribution in [0, 0.1) is 0 Å². The molecule has 4 rings (SSSR count). The van der Waals surface area contributed by atoms with Gasteiger partial charge >= 0.3 is 0 Å². The molecule has 7 heteroatoms. The molecule has 0 bridgehead atoms. The predicted molar refractivity (Wildman–Crippen MR) is 86.3 cm³/mol. The first-order chi connectivity index (χ1) is 10.8. The van der Waals surface area contributed by atoms with Gasteiger partial charge < -0.3 is 15.2 Å². The number of amides is 1. The van der Waals surface area contributed by atoms with Gasteiger partial charge in [0.25, 0.3) is 5.91 Å². The van der Waals surface area contributed by atoms with Gasteiger partial charge in [0.15, 0.2) is 5.13 Å². The number of H-pyrrole nitrogens is 1. The third-order valence-corrected chi connectivity index (χ3v) is 4.73. The van der Waals surface area contributed by atoms with Gasteiger partial charge in [-0.05, 0) is 24.6 Å². The van der Waals surface area contributed by atoms with Crippen molar-refractivity contribution in [2.45, 2.75) is 12.5 Å². The monoisotopic (exact) mass is 313 g/mol. The summed E-state index contributed by atoms with van der Waals surface area (Å²) in [6, 6.07) is 5.67. The Bertz CT molecular complexity index is 797. The predicted octanol–water partition coefficient (Wildman–Crippen LogP) is 2.03. The van der Waals surface area contributed by atoms with Gasteiger partial charge in [-0.2, -0.15) is 0 Å². The van der Waals surface area contributed by atoms with E-state index in [0.717, 1.165) is 35.7 Å². The number of rotatable bonds is 3. The molecule has 1 aliphatic rings. The smallest absolute Gasteiger partial charge is 0.251 e. The first-order valence-corrected chi connectivity index (χ1v) is 8.06. The fourth-order valence-electron chi connectivity index (χ4n) is 2.77. The van der Waals surface area contributed by atoms with E-state index in [0.29, 0.717) is 5.56 Å². The molecule has 1 fully saturated rings. The number of nitrogens with zero attached hydrogens (tertiary/aromatic N) is 3. The second-order valence-electron chi connectivity index (χ2n) is 5.35. The van der Waals surface area contributed by atoms with Gasteiger partial charge in [-0.1, -0.05) is 0 Å². The third kappa shape index (κ3) is 2.43. The van der Waals surface area contributed by atoms with Gasteiger partial charge in [0.2, 0.25) is 0 Å². The number of thiazole rings is 1. The molecule has 112 valence electrons. The quantitative estimate of drug-likeness (QED) is 0.776. The maximum Gasteiger partial charge on any atom is 0.251 e. The molecule has 22 heavy (non-hydrogen) atoms. The van der Waals surface area contributed by atoms with Crippen molar-refractivity contribution < 1.29 is 4.79 Å². The van der Waals surface area contributed by atoms with E-state index in [4.69, 9.17) is 0 Å². The van der Waals surface area contributed by atoms with Crippen molar-refractivity contribution in [2.24, 2.45) is 0 Å². The van der Waals surface area contributed by atoms with Crippen molar-refractivity contribution in [3.05, 3.63) is 41.7 Å². The van der Waals surface area contributed by atoms with Crippen LogP contribution in [-0.2, 0) is 0 Å². The average molecular weight is 313 g/mol. The summed E-state index contributed by atoms with van der Waals surface area (Å²) in [5.41, 5.74) is 2.40. The number of hydrogen-bond acceptors (Lipinski definition) is 5. The largest absolute Gasteiger partial charge is 0.347 e. The highest BCUT2D eigenvalue weighted by atomic mass is 32.1. The zero-order chi connectivity index (χ0) is 14.9. The fourth-order valence-corrected chi connectivity index (χ4v) is 3.45. The van der Waals surface area contributed by atoms with Gasteiger partial charge in [0, 0.05) is 36.3 Å². The Labute approximate surface area is 131 Å². The molecule has 1 saturated heterocycles. The standard InChI is InChI=1S/C15H15N5OS/c21-14(10-1-2-12-13(7-10)18-9-17-12)19-11-3-5-20(8-11)15-16-4-6-22-15/h1-2,4,6-7,9,11H,3,5,8H2,(H,17,18)(H,19,21). The number of carbonyl (C=O) groups is 1. The van der Waals surface area contributed by atoms with E-state index in [1.54, 1.807) is 17.7 Å². The zero-order valence-corrected chi connectivity index (χ0v) is 12.6. The summed E-state index contributed by atoms with van der Waals surface area (Å²) in [6.45, 7) is 1.74. The molecule has 3 heterocycles. The first-order valence-electron chi connectivity index (χ1n) is 7.18. The highest BCUT2D eigenvalue weighted by Gasteiger charge is 2.25. The Kier molecular flexibility index (Phi) is 3.27. The molecule has 0 saturated carbocycles. The van der Waals surface area contributed by atoms with Gasteiger partial charge in [0.1, 0.15) is 0 Å². The van der Waals surface area contributed by atoms with Gasteiger partial charge in [-0.15, -0.1) is 11.3 Å². The molecule has 6 nitrogen and oxygen atoms in total. The summed E-state index contributed by atoms with van der Waals surface area (Å²) in [5.74, 6) is -0.0394. The lowest BCUT2D eigenvalue weighted by Crippen LogP contribution is -2.37. The van der Waals surface area contributed by atoms with Crippen molar-refractivity contribution in [3.63, 3.8) is 0 Å². The van der Waals surface area contributed by atoms with Crippen molar-refractivity contribution in [2.75, 3.05) is 18.0 Å². The summed E-state index contributed by atoms with van der Waals surface area (Å²) in [6.07, 6.45) is 4.39. The average Bonchev–Trinajstić information content (AvgIpc) is 3.27. The van der Waals surface area contributed by atoms with Crippen LogP contribution in [0.5, 0.6) is 0 Å². The van der Waals surface area contributed by atoms with Crippen LogP contribution >= 0.6 is 11.3 Å². The van der Waals surface area contributed by atoms with E-state index in [9.17, 15) is 4.79 Å². The minimum atomic E-state index is -0.0394. The van der Waals surface area contributed by atoms with Crippen LogP contribution < -0.4 is 10.2 Å². The number of hydrogen-bond donors (Lipinski definition) is 2. The summed E-state index contributed by atoms with van der Waals surface area (Å²) < 4.78 is 0. The fraction of sp³-hybridized carbons (Fsp3) is 0.267. The van der Waals surface area contributed by atoms with Crippen LogP contribution in [0.4, 0.5) is 5.13 Å². The number of benzene rings is 1. The Morgan fingerprint density at radius 1 is 1.41 bits per heavy atom. The molecule has 2 N–H and O–H groups in total. The van der Waals surface area contributed by atoms with E-state index in [2.05, 4.69) is 25.2 Å². The molecule has 2 aromatic heterocycles. The number of aromatic nitrogens is 3. The lowest BCUT2D eigenvalue weighted by Gasteiger charge is -2.15. The number of imidazole rings is 1. The Morgan fingerprint density at radius 2 is 2.36 bits per heavy atom. The molecular weight excluding hydrogens is 298 g/mol. The van der Waals surface area contributed by atoms with E-state index in [-0.39, 0.29) is 11.9 Å². The lowest BCUT2D eigenvalue weighted by atomic mass is 10.1. The highest BCUT2D eigenvalue weighted by molar-refractivity contribution is 7.13. The summed E-state index contributed by atoms with van der Waals surface area (Å²) >= 11 is 1.63. The van der Waals surface area contributed by atoms with Crippen LogP contribution in [0.2, 0.25) is 0 Å². The molecule has 1 atom stereocenters. The van der Waals surface area contributed by atoms with Gasteiger partial charge in [0.05, 0.1) is 17.4 Å². The van der Waals surface area contributed by atoms with E-state index >= 15 is 0 Å². The molecule has 1 aliphatic heterocycles. The highest BCUT2D eigenvalue weighted by Crippen LogP contribution is 2.22. The van der Waals surface area contributed by atoms with Crippen LogP contribution in [0.25, 0.3) is 11.0 Å². The number of anilines is 1. The summed E-state index contributed by atoms with van der Waals surface area (Å²) in [4.78, 5) is 26.1. The lowest BCUT2D eigenvalue weighted by molar-refractivity contribution is 0.0940. The van der Waals surface area contributed by atoms with Crippen molar-refractivity contribution in [1.82, 2.24) is 20.3 Å². The Hall–Kier alpha value is -2.41. The van der Waals surface area contributed by atoms with Crippen molar-refractivity contribution in [1.29, 1.82) is 0 Å². The normalized spacial score (nSPS) is 18.0. The second kappa shape index (κ2) is 5.42. The van der Waals surface area contributed by atoms with Crippen LogP contribution in [-0.4, -0.2) is 40.0 Å². The summed E-state index contributed by atoms with van der Waals surface area (Å²) in [5, 5.41) is 6.10. The third-order valence-electron chi connectivity index (χ3n) is 3.90. The molecule has 0 spiro atoms. The number of carbonyl (C=O) groups excluding carboxylic acids is 1. The Morgan fingerprint density at radius 3 is 3.23 bits per heavy atom. The van der Waals surface area contributed by atoms with E-state index in [1.807, 2.05) is 29.8 Å². The minimum absolute atomic E-state index is 0.0394. The van der Waals surface area contributed by atoms with Crippen molar-refractivity contribution in [3.8, 4) is 0 Å². The molecule has 0 aliphatic carbocycles. The van der Waals surface area contributed by atoms with Gasteiger partial charge in [-0.25, -0.2) is 9.97 Å². The second-order valence-corrected chi connectivity index (χ2v) is 6.23. The zero-order valence-electron chi connectivity index (χ0n) is 11.8. The van der Waals surface area contributed by atoms with Crippen LogP contribution in [0.3, 0.4) is 0 Å². The number of fused-ring (bicyclic) bond motifs is 1. The summed E-state index contributed by atoms with van der Waals surface area (Å²) in [7, 11) is 0. The first kappa shape index (κ1) is 13.3. The molecule has 1 unspecified atom stereocenters. The Balaban J connectivity index is 1.43. The molecule has 0 radical (unpaired) electrons. The number of nitrogens with one attached hydrogen (secondary N) is 2. The topological polar surface area (TPSA) is 73.9 Å². The van der Waals surface area contributed by atoms with Crippen LogP contribution in [0.1, 0.15) is 16.8 Å². The maximum atomic E-state index is 12.4. The molecule has 1 aromatic carbocycles. The molecule has 1 amide bonds. The molecular formula is C15H15N5OS. The SMILES string of the molecule is O=C(NC1CCN(c2nccs2)C1)c1ccc2nc[nH]c2c1. The van der Waals surface area contributed by atoms with Crippen molar-refractivity contribution >= 4 is 33.4 Å².